The molecule has 0 bridgehead atoms. The summed E-state index contributed by atoms with van der Waals surface area (Å²) in [5, 5.41) is 11.9. The average Bonchev–Trinajstić information content (AvgIpc) is 2.89. The second kappa shape index (κ2) is 7.65. The maximum atomic E-state index is 12.3. The fourth-order valence-corrected chi connectivity index (χ4v) is 3.31. The number of imide groups is 1. The number of hydrogen-bond acceptors (Lipinski definition) is 5. The second-order valence-corrected chi connectivity index (χ2v) is 6.42. The van der Waals surface area contributed by atoms with Crippen molar-refractivity contribution in [2.75, 3.05) is 19.8 Å². The van der Waals surface area contributed by atoms with E-state index in [4.69, 9.17) is 4.74 Å². The molecule has 3 amide bonds. The predicted molar refractivity (Wildman–Crippen MR) is 89.5 cm³/mol. The number of nitrogens with one attached hydrogen (secondary N) is 1. The maximum absolute atomic E-state index is 12.3. The van der Waals surface area contributed by atoms with E-state index in [2.05, 4.69) is 5.32 Å². The summed E-state index contributed by atoms with van der Waals surface area (Å²) in [6.07, 6.45) is 1.26. The van der Waals surface area contributed by atoms with Crippen LogP contribution in [0.1, 0.15) is 40.0 Å². The Bertz CT molecular complexity index is 706. The minimum Gasteiger partial charge on any atom is -0.480 e. The molecule has 0 aliphatic carbocycles. The summed E-state index contributed by atoms with van der Waals surface area (Å²) in [5.74, 6) is -2.79. The highest BCUT2D eigenvalue weighted by molar-refractivity contribution is 6.21. The van der Waals surface area contributed by atoms with E-state index in [1.807, 2.05) is 0 Å². The first-order chi connectivity index (χ1) is 12.5. The molecule has 0 radical (unpaired) electrons. The van der Waals surface area contributed by atoms with Gasteiger partial charge < -0.3 is 15.2 Å². The molecule has 2 aliphatic heterocycles. The molecule has 2 aliphatic rings. The lowest BCUT2D eigenvalue weighted by atomic mass is 9.93. The number of carboxylic acids is 1. The van der Waals surface area contributed by atoms with Gasteiger partial charge in [-0.15, -0.1) is 0 Å². The lowest BCUT2D eigenvalue weighted by Crippen LogP contribution is -2.49. The number of amides is 3. The van der Waals surface area contributed by atoms with Gasteiger partial charge in [-0.3, -0.25) is 19.3 Å². The average molecular weight is 360 g/mol. The Morgan fingerprint density at radius 3 is 2.42 bits per heavy atom. The number of rotatable bonds is 6. The molecule has 1 fully saturated rings. The Morgan fingerprint density at radius 2 is 1.88 bits per heavy atom. The lowest BCUT2D eigenvalue weighted by Gasteiger charge is -2.28. The largest absolute Gasteiger partial charge is 0.480 e. The van der Waals surface area contributed by atoms with E-state index in [0.29, 0.717) is 24.2 Å². The third-order valence-electron chi connectivity index (χ3n) is 4.69. The fraction of sp³-hybridized carbons (Fsp3) is 0.444. The summed E-state index contributed by atoms with van der Waals surface area (Å²) in [4.78, 5) is 49.2. The quantitative estimate of drug-likeness (QED) is 0.721. The molecule has 0 spiro atoms. The number of fused-ring (bicyclic) bond motifs is 1. The third-order valence-corrected chi connectivity index (χ3v) is 4.69. The van der Waals surface area contributed by atoms with E-state index in [0.717, 1.165) is 11.3 Å². The topological polar surface area (TPSA) is 113 Å². The van der Waals surface area contributed by atoms with Gasteiger partial charge in [-0.25, -0.2) is 4.79 Å². The Balaban J connectivity index is 1.58. The number of ether oxygens (including phenoxy) is 1. The van der Waals surface area contributed by atoms with Gasteiger partial charge in [0, 0.05) is 25.5 Å². The standard InChI is InChI=1S/C18H20N2O6/c21-14(19-15(18(24)25)11-4-3-9-26-10-11)7-8-20-16(22)12-5-1-2-6-13(12)17(20)23/h1-2,5-6,11,15H,3-4,7-10H2,(H,19,21)(H,24,25). The summed E-state index contributed by atoms with van der Waals surface area (Å²) in [6, 6.07) is 5.44. The van der Waals surface area contributed by atoms with Crippen molar-refractivity contribution in [1.82, 2.24) is 10.2 Å². The van der Waals surface area contributed by atoms with Crippen molar-refractivity contribution in [3.05, 3.63) is 35.4 Å². The Kier molecular flexibility index (Phi) is 5.32. The van der Waals surface area contributed by atoms with Crippen molar-refractivity contribution >= 4 is 23.7 Å². The molecule has 0 saturated carbocycles. The fourth-order valence-electron chi connectivity index (χ4n) is 3.31. The van der Waals surface area contributed by atoms with Gasteiger partial charge in [-0.05, 0) is 25.0 Å². The minimum atomic E-state index is -1.12. The summed E-state index contributed by atoms with van der Waals surface area (Å²) < 4.78 is 5.29. The molecule has 26 heavy (non-hydrogen) atoms. The van der Waals surface area contributed by atoms with Crippen molar-refractivity contribution < 1.29 is 29.0 Å². The van der Waals surface area contributed by atoms with Crippen molar-refractivity contribution in [2.24, 2.45) is 5.92 Å². The molecule has 0 aromatic heterocycles. The van der Waals surface area contributed by atoms with Gasteiger partial charge in [0.25, 0.3) is 11.8 Å². The van der Waals surface area contributed by atoms with Crippen molar-refractivity contribution in [3.63, 3.8) is 0 Å². The van der Waals surface area contributed by atoms with Gasteiger partial charge in [-0.1, -0.05) is 12.1 Å². The first-order valence-electron chi connectivity index (χ1n) is 8.54. The second-order valence-electron chi connectivity index (χ2n) is 6.42. The van der Waals surface area contributed by atoms with Gasteiger partial charge >= 0.3 is 5.97 Å². The van der Waals surface area contributed by atoms with E-state index >= 15 is 0 Å². The zero-order chi connectivity index (χ0) is 18.7. The van der Waals surface area contributed by atoms with Gasteiger partial charge in [-0.2, -0.15) is 0 Å². The molecule has 138 valence electrons. The molecular weight excluding hydrogens is 340 g/mol. The molecule has 2 N–H and O–H groups in total. The molecule has 2 atom stereocenters. The highest BCUT2D eigenvalue weighted by atomic mass is 16.5. The Labute approximate surface area is 150 Å². The van der Waals surface area contributed by atoms with E-state index < -0.39 is 29.7 Å². The van der Waals surface area contributed by atoms with Crippen LogP contribution >= 0.6 is 0 Å². The highest BCUT2D eigenvalue weighted by Gasteiger charge is 2.36. The Morgan fingerprint density at radius 1 is 1.23 bits per heavy atom. The smallest absolute Gasteiger partial charge is 0.326 e. The van der Waals surface area contributed by atoms with Crippen LogP contribution < -0.4 is 5.32 Å². The molecule has 2 unspecified atom stereocenters. The number of carbonyl (C=O) groups is 4. The highest BCUT2D eigenvalue weighted by Crippen LogP contribution is 2.22. The van der Waals surface area contributed by atoms with Crippen LogP contribution in [0.15, 0.2) is 24.3 Å². The number of carbonyl (C=O) groups excluding carboxylic acids is 3. The van der Waals surface area contributed by atoms with Crippen molar-refractivity contribution in [2.45, 2.75) is 25.3 Å². The van der Waals surface area contributed by atoms with Crippen LogP contribution in [-0.4, -0.2) is 59.5 Å². The normalized spacial score (nSPS) is 20.6. The van der Waals surface area contributed by atoms with Crippen LogP contribution in [-0.2, 0) is 14.3 Å². The van der Waals surface area contributed by atoms with Gasteiger partial charge in [0.1, 0.15) is 6.04 Å². The van der Waals surface area contributed by atoms with Gasteiger partial charge in [0.15, 0.2) is 0 Å². The molecule has 8 heteroatoms. The number of carboxylic acid groups (broad SMARTS) is 1. The summed E-state index contributed by atoms with van der Waals surface area (Å²) in [6.45, 7) is 0.790. The van der Waals surface area contributed by atoms with Crippen molar-refractivity contribution in [1.29, 1.82) is 0 Å². The lowest BCUT2D eigenvalue weighted by molar-refractivity contribution is -0.145. The van der Waals surface area contributed by atoms with Crippen LogP contribution in [0.2, 0.25) is 0 Å². The molecule has 1 aromatic carbocycles. The van der Waals surface area contributed by atoms with Crippen LogP contribution in [0.25, 0.3) is 0 Å². The summed E-state index contributed by atoms with van der Waals surface area (Å²) in [7, 11) is 0. The van der Waals surface area contributed by atoms with E-state index in [1.165, 1.54) is 0 Å². The number of nitrogens with zero attached hydrogens (tertiary/aromatic N) is 1. The van der Waals surface area contributed by atoms with E-state index in [1.54, 1.807) is 24.3 Å². The number of hydrogen-bond donors (Lipinski definition) is 2. The molecule has 1 aromatic rings. The minimum absolute atomic E-state index is 0.0916. The zero-order valence-electron chi connectivity index (χ0n) is 14.1. The molecule has 3 rings (SSSR count). The third kappa shape index (κ3) is 3.60. The first-order valence-corrected chi connectivity index (χ1v) is 8.54. The maximum Gasteiger partial charge on any atom is 0.326 e. The SMILES string of the molecule is O=C(CCN1C(=O)c2ccccc2C1=O)NC(C(=O)O)C1CCCOC1. The summed E-state index contributed by atoms with van der Waals surface area (Å²) >= 11 is 0. The predicted octanol–water partition coefficient (Wildman–Crippen LogP) is 0.669. The van der Waals surface area contributed by atoms with Crippen LogP contribution in [0.5, 0.6) is 0 Å². The summed E-state index contributed by atoms with van der Waals surface area (Å²) in [5.41, 5.74) is 0.640. The van der Waals surface area contributed by atoms with Crippen LogP contribution in [0, 0.1) is 5.92 Å². The van der Waals surface area contributed by atoms with Crippen LogP contribution in [0.4, 0.5) is 0 Å². The molecular formula is C18H20N2O6. The Hall–Kier alpha value is -2.74. The molecule has 8 nitrogen and oxygen atoms in total. The zero-order valence-corrected chi connectivity index (χ0v) is 14.1. The number of benzene rings is 1. The van der Waals surface area contributed by atoms with E-state index in [-0.39, 0.29) is 25.5 Å². The monoisotopic (exact) mass is 360 g/mol. The van der Waals surface area contributed by atoms with E-state index in [9.17, 15) is 24.3 Å². The van der Waals surface area contributed by atoms with Gasteiger partial charge in [0.05, 0.1) is 17.7 Å². The van der Waals surface area contributed by atoms with Crippen molar-refractivity contribution in [3.8, 4) is 0 Å². The van der Waals surface area contributed by atoms with Gasteiger partial charge in [0.2, 0.25) is 5.91 Å². The van der Waals surface area contributed by atoms with Crippen LogP contribution in [0.3, 0.4) is 0 Å². The number of aliphatic carboxylic acids is 1. The first kappa shape index (κ1) is 18.1. The molecule has 1 saturated heterocycles. The molecule has 2 heterocycles.